The first-order valence-electron chi connectivity index (χ1n) is 7.12. The van der Waals surface area contributed by atoms with Crippen LogP contribution in [0.3, 0.4) is 0 Å². The van der Waals surface area contributed by atoms with Crippen molar-refractivity contribution in [1.29, 1.82) is 0 Å². The molecule has 0 saturated carbocycles. The van der Waals surface area contributed by atoms with E-state index >= 15 is 0 Å². The summed E-state index contributed by atoms with van der Waals surface area (Å²) in [5, 5.41) is 4.02. The fourth-order valence-electron chi connectivity index (χ4n) is 3.00. The topological polar surface area (TPSA) is 15.8 Å². The van der Waals surface area contributed by atoms with Gasteiger partial charge in [-0.3, -0.25) is 0 Å². The Balaban J connectivity index is 2.40. The average molecular weight is 251 g/mol. The van der Waals surface area contributed by atoms with Gasteiger partial charge in [-0.05, 0) is 40.3 Å². The molecule has 3 aromatic rings. The molecule has 0 unspecified atom stereocenters. The van der Waals surface area contributed by atoms with E-state index in [1.54, 1.807) is 0 Å². The lowest BCUT2D eigenvalue weighted by molar-refractivity contribution is 0.778. The predicted molar refractivity (Wildman–Crippen MR) is 84.0 cm³/mol. The number of aromatic amines is 1. The number of hydrogen-bond acceptors (Lipinski definition) is 0. The third-order valence-corrected chi connectivity index (χ3v) is 3.89. The number of hydrogen-bond donors (Lipinski definition) is 1. The molecule has 98 valence electrons. The van der Waals surface area contributed by atoms with E-state index < -0.39 is 0 Å². The molecule has 0 saturated heterocycles. The van der Waals surface area contributed by atoms with Crippen LogP contribution in [0.2, 0.25) is 0 Å². The second-order valence-electron chi connectivity index (χ2n) is 6.01. The number of H-pyrrole nitrogens is 1. The van der Waals surface area contributed by atoms with Crippen molar-refractivity contribution in [3.05, 3.63) is 47.7 Å². The van der Waals surface area contributed by atoms with Crippen molar-refractivity contribution in [3.8, 4) is 0 Å². The zero-order valence-electron chi connectivity index (χ0n) is 12.1. The van der Waals surface area contributed by atoms with Gasteiger partial charge in [0, 0.05) is 16.6 Å². The van der Waals surface area contributed by atoms with Gasteiger partial charge in [-0.2, -0.15) is 0 Å². The molecule has 0 aliphatic carbocycles. The number of nitrogens with one attached hydrogen (secondary N) is 1. The summed E-state index contributed by atoms with van der Waals surface area (Å²) in [7, 11) is 0. The van der Waals surface area contributed by atoms with Crippen molar-refractivity contribution in [2.75, 3.05) is 0 Å². The van der Waals surface area contributed by atoms with Crippen LogP contribution in [-0.2, 0) is 0 Å². The van der Waals surface area contributed by atoms with Gasteiger partial charge < -0.3 is 4.98 Å². The zero-order chi connectivity index (χ0) is 13.6. The van der Waals surface area contributed by atoms with E-state index in [-0.39, 0.29) is 0 Å². The van der Waals surface area contributed by atoms with Crippen LogP contribution in [0, 0.1) is 0 Å². The first-order chi connectivity index (χ1) is 9.08. The third-order valence-electron chi connectivity index (χ3n) is 3.89. The van der Waals surface area contributed by atoms with E-state index in [2.05, 4.69) is 69.1 Å². The Bertz CT molecular complexity index is 732. The number of rotatable bonds is 2. The molecule has 1 nitrogen and oxygen atoms in total. The monoisotopic (exact) mass is 251 g/mol. The van der Waals surface area contributed by atoms with Gasteiger partial charge in [0.25, 0.3) is 0 Å². The average Bonchev–Trinajstić information content (AvgIpc) is 2.74. The van der Waals surface area contributed by atoms with E-state index in [0.717, 1.165) is 0 Å². The van der Waals surface area contributed by atoms with Crippen LogP contribution in [0.15, 0.2) is 36.4 Å². The quantitative estimate of drug-likeness (QED) is 0.613. The standard InChI is InChI=1S/C18H21N/c1-11(2)17-15-9-13-7-5-6-8-14(13)10-16(15)19-18(17)12(3)4/h5-12,19H,1-4H3. The van der Waals surface area contributed by atoms with Gasteiger partial charge in [-0.25, -0.2) is 0 Å². The van der Waals surface area contributed by atoms with Gasteiger partial charge in [0.2, 0.25) is 0 Å². The summed E-state index contributed by atoms with van der Waals surface area (Å²) in [6.45, 7) is 9.08. The van der Waals surface area contributed by atoms with Gasteiger partial charge in [-0.15, -0.1) is 0 Å². The summed E-state index contributed by atoms with van der Waals surface area (Å²) in [5.74, 6) is 1.08. The molecule has 2 aromatic carbocycles. The molecule has 0 atom stereocenters. The highest BCUT2D eigenvalue weighted by molar-refractivity contribution is 5.99. The highest BCUT2D eigenvalue weighted by atomic mass is 14.7. The second-order valence-corrected chi connectivity index (χ2v) is 6.01. The first-order valence-corrected chi connectivity index (χ1v) is 7.12. The van der Waals surface area contributed by atoms with Crippen LogP contribution in [0.1, 0.15) is 50.8 Å². The summed E-state index contributed by atoms with van der Waals surface area (Å²) >= 11 is 0. The third kappa shape index (κ3) is 1.94. The van der Waals surface area contributed by atoms with Crippen LogP contribution in [-0.4, -0.2) is 4.98 Å². The largest absolute Gasteiger partial charge is 0.358 e. The Hall–Kier alpha value is -1.76. The molecular weight excluding hydrogens is 230 g/mol. The maximum atomic E-state index is 3.64. The van der Waals surface area contributed by atoms with Crippen molar-refractivity contribution >= 4 is 21.7 Å². The van der Waals surface area contributed by atoms with Crippen molar-refractivity contribution in [2.45, 2.75) is 39.5 Å². The number of benzene rings is 2. The number of aromatic nitrogens is 1. The molecule has 0 spiro atoms. The van der Waals surface area contributed by atoms with Crippen LogP contribution in [0.25, 0.3) is 21.7 Å². The van der Waals surface area contributed by atoms with Crippen LogP contribution < -0.4 is 0 Å². The smallest absolute Gasteiger partial charge is 0.0465 e. The summed E-state index contributed by atoms with van der Waals surface area (Å²) < 4.78 is 0. The maximum absolute atomic E-state index is 3.64. The first kappa shape index (κ1) is 12.3. The Labute approximate surface area is 114 Å². The molecule has 0 aliphatic rings. The van der Waals surface area contributed by atoms with Crippen molar-refractivity contribution in [2.24, 2.45) is 0 Å². The number of fused-ring (bicyclic) bond motifs is 2. The molecule has 1 aromatic heterocycles. The molecule has 3 rings (SSSR count). The predicted octanol–water partition coefficient (Wildman–Crippen LogP) is 5.57. The SMILES string of the molecule is CC(C)c1[nH]c2cc3ccccc3cc2c1C(C)C. The molecule has 19 heavy (non-hydrogen) atoms. The van der Waals surface area contributed by atoms with Gasteiger partial charge in [0.1, 0.15) is 0 Å². The summed E-state index contributed by atoms with van der Waals surface area (Å²) in [5.41, 5.74) is 4.14. The van der Waals surface area contributed by atoms with Gasteiger partial charge in [0.05, 0.1) is 0 Å². The van der Waals surface area contributed by atoms with Gasteiger partial charge in [0.15, 0.2) is 0 Å². The minimum absolute atomic E-state index is 0.535. The van der Waals surface area contributed by atoms with Crippen molar-refractivity contribution in [3.63, 3.8) is 0 Å². The van der Waals surface area contributed by atoms with Gasteiger partial charge >= 0.3 is 0 Å². The van der Waals surface area contributed by atoms with E-state index in [1.807, 2.05) is 0 Å². The Morgan fingerprint density at radius 2 is 1.47 bits per heavy atom. The lowest BCUT2D eigenvalue weighted by Gasteiger charge is -2.10. The van der Waals surface area contributed by atoms with Crippen LogP contribution >= 0.6 is 0 Å². The summed E-state index contributed by atoms with van der Waals surface area (Å²) in [6, 6.07) is 13.2. The zero-order valence-corrected chi connectivity index (χ0v) is 12.1. The van der Waals surface area contributed by atoms with Crippen molar-refractivity contribution < 1.29 is 0 Å². The molecule has 0 radical (unpaired) electrons. The Morgan fingerprint density at radius 3 is 2.05 bits per heavy atom. The Morgan fingerprint density at radius 1 is 0.842 bits per heavy atom. The maximum Gasteiger partial charge on any atom is 0.0465 e. The molecule has 1 heteroatoms. The fraction of sp³-hybridized carbons (Fsp3) is 0.333. The minimum atomic E-state index is 0.535. The highest BCUT2D eigenvalue weighted by Gasteiger charge is 2.17. The second kappa shape index (κ2) is 4.41. The summed E-state index contributed by atoms with van der Waals surface area (Å²) in [6.07, 6.45) is 0. The Kier molecular flexibility index (Phi) is 2.85. The van der Waals surface area contributed by atoms with Crippen LogP contribution in [0.4, 0.5) is 0 Å². The van der Waals surface area contributed by atoms with E-state index in [0.29, 0.717) is 11.8 Å². The van der Waals surface area contributed by atoms with E-state index in [9.17, 15) is 0 Å². The van der Waals surface area contributed by atoms with Crippen LogP contribution in [0.5, 0.6) is 0 Å². The lowest BCUT2D eigenvalue weighted by atomic mass is 9.94. The van der Waals surface area contributed by atoms with E-state index in [4.69, 9.17) is 0 Å². The molecule has 0 aliphatic heterocycles. The molecular formula is C18H21N. The molecule has 1 N–H and O–H groups in total. The molecule has 0 amide bonds. The summed E-state index contributed by atoms with van der Waals surface area (Å²) in [4.78, 5) is 3.64. The molecule has 1 heterocycles. The van der Waals surface area contributed by atoms with E-state index in [1.165, 1.54) is 32.9 Å². The molecule has 0 fully saturated rings. The lowest BCUT2D eigenvalue weighted by Crippen LogP contribution is -1.96. The molecule has 0 bridgehead atoms. The highest BCUT2D eigenvalue weighted by Crippen LogP contribution is 2.35. The van der Waals surface area contributed by atoms with Gasteiger partial charge in [-0.1, -0.05) is 52.0 Å². The fourth-order valence-corrected chi connectivity index (χ4v) is 3.00. The minimum Gasteiger partial charge on any atom is -0.358 e. The normalized spacial score (nSPS) is 12.1. The van der Waals surface area contributed by atoms with Crippen molar-refractivity contribution in [1.82, 2.24) is 4.98 Å².